The van der Waals surface area contributed by atoms with E-state index < -0.39 is 0 Å². The molecule has 0 saturated carbocycles. The van der Waals surface area contributed by atoms with Gasteiger partial charge in [-0.3, -0.25) is 0 Å². The van der Waals surface area contributed by atoms with Crippen molar-refractivity contribution in [3.63, 3.8) is 0 Å². The maximum absolute atomic E-state index is 5.85. The van der Waals surface area contributed by atoms with Crippen LogP contribution in [0, 0.1) is 0 Å². The third-order valence-corrected chi connectivity index (χ3v) is 5.27. The van der Waals surface area contributed by atoms with Gasteiger partial charge in [0, 0.05) is 10.6 Å². The van der Waals surface area contributed by atoms with Crippen LogP contribution < -0.4 is 4.74 Å². The minimum absolute atomic E-state index is 0.229. The second kappa shape index (κ2) is 6.21. The lowest BCUT2D eigenvalue weighted by molar-refractivity contribution is 0.339. The largest absolute Gasteiger partial charge is 0.494 e. The van der Waals surface area contributed by atoms with Crippen LogP contribution in [0.25, 0.3) is 0 Å². The van der Waals surface area contributed by atoms with Crippen LogP contribution in [0.5, 0.6) is 5.75 Å². The van der Waals surface area contributed by atoms with Crippen molar-refractivity contribution in [3.8, 4) is 5.75 Å². The Kier molecular flexibility index (Phi) is 4.85. The molecule has 1 aliphatic heterocycles. The standard InChI is InChI=1S/C15H21ClOS/c1-3-17-13-5-6-14-12(11-13)7-10-18-15(14,2)8-4-9-16/h5-6,11H,3-4,7-10H2,1-2H3. The molecule has 0 N–H and O–H groups in total. The highest BCUT2D eigenvalue weighted by Gasteiger charge is 2.32. The van der Waals surface area contributed by atoms with Gasteiger partial charge in [0.1, 0.15) is 5.75 Å². The molecule has 0 fully saturated rings. The van der Waals surface area contributed by atoms with Gasteiger partial charge in [0.25, 0.3) is 0 Å². The molecule has 1 aromatic rings. The van der Waals surface area contributed by atoms with E-state index in [9.17, 15) is 0 Å². The van der Waals surface area contributed by atoms with Crippen molar-refractivity contribution in [2.75, 3.05) is 18.2 Å². The third-order valence-electron chi connectivity index (χ3n) is 3.54. The summed E-state index contributed by atoms with van der Waals surface area (Å²) in [5, 5.41) is 0. The zero-order valence-electron chi connectivity index (χ0n) is 11.2. The van der Waals surface area contributed by atoms with Gasteiger partial charge in [-0.25, -0.2) is 0 Å². The lowest BCUT2D eigenvalue weighted by Gasteiger charge is -2.35. The van der Waals surface area contributed by atoms with Crippen LogP contribution in [0.1, 0.15) is 37.8 Å². The summed E-state index contributed by atoms with van der Waals surface area (Å²) < 4.78 is 5.82. The molecule has 1 aliphatic rings. The summed E-state index contributed by atoms with van der Waals surface area (Å²) in [5.74, 6) is 2.95. The Labute approximate surface area is 119 Å². The van der Waals surface area contributed by atoms with Crippen LogP contribution in [-0.4, -0.2) is 18.2 Å². The van der Waals surface area contributed by atoms with Crippen molar-refractivity contribution in [3.05, 3.63) is 29.3 Å². The third kappa shape index (κ3) is 2.97. The summed E-state index contributed by atoms with van der Waals surface area (Å²) in [4.78, 5) is 0. The predicted molar refractivity (Wildman–Crippen MR) is 81.1 cm³/mol. The number of halogens is 1. The van der Waals surface area contributed by atoms with E-state index in [1.807, 2.05) is 6.92 Å². The van der Waals surface area contributed by atoms with Crippen molar-refractivity contribution in [1.82, 2.24) is 0 Å². The molecule has 18 heavy (non-hydrogen) atoms. The highest BCUT2D eigenvalue weighted by Crippen LogP contribution is 2.46. The zero-order chi connectivity index (χ0) is 13.0. The first-order valence-corrected chi connectivity index (χ1v) is 8.18. The fourth-order valence-corrected chi connectivity index (χ4v) is 4.17. The first-order valence-electron chi connectivity index (χ1n) is 6.66. The first kappa shape index (κ1) is 14.1. The Bertz CT molecular complexity index is 407. The average molecular weight is 285 g/mol. The Morgan fingerprint density at radius 2 is 2.28 bits per heavy atom. The summed E-state index contributed by atoms with van der Waals surface area (Å²) in [6, 6.07) is 6.57. The van der Waals surface area contributed by atoms with E-state index in [0.29, 0.717) is 0 Å². The molecule has 0 aromatic heterocycles. The van der Waals surface area contributed by atoms with Crippen molar-refractivity contribution in [1.29, 1.82) is 0 Å². The maximum atomic E-state index is 5.85. The molecule has 0 amide bonds. The molecule has 1 aromatic carbocycles. The number of ether oxygens (including phenoxy) is 1. The number of fused-ring (bicyclic) bond motifs is 1. The molecule has 0 radical (unpaired) electrons. The van der Waals surface area contributed by atoms with E-state index in [1.54, 1.807) is 0 Å². The lowest BCUT2D eigenvalue weighted by atomic mass is 9.89. The fraction of sp³-hybridized carbons (Fsp3) is 0.600. The van der Waals surface area contributed by atoms with Gasteiger partial charge in [0.2, 0.25) is 0 Å². The van der Waals surface area contributed by atoms with Crippen molar-refractivity contribution >= 4 is 23.4 Å². The average Bonchev–Trinajstić information content (AvgIpc) is 2.37. The van der Waals surface area contributed by atoms with Crippen molar-refractivity contribution in [2.24, 2.45) is 0 Å². The summed E-state index contributed by atoms with van der Waals surface area (Å²) in [6.07, 6.45) is 3.39. The highest BCUT2D eigenvalue weighted by atomic mass is 35.5. The normalized spacial score (nSPS) is 22.6. The number of hydrogen-bond acceptors (Lipinski definition) is 2. The van der Waals surface area contributed by atoms with Crippen LogP contribution in [0.3, 0.4) is 0 Å². The van der Waals surface area contributed by atoms with Gasteiger partial charge < -0.3 is 4.74 Å². The van der Waals surface area contributed by atoms with Gasteiger partial charge in [0.05, 0.1) is 6.61 Å². The molecule has 0 saturated heterocycles. The van der Waals surface area contributed by atoms with Crippen molar-refractivity contribution < 1.29 is 4.74 Å². The van der Waals surface area contributed by atoms with Gasteiger partial charge in [0.15, 0.2) is 0 Å². The molecule has 100 valence electrons. The molecule has 0 spiro atoms. The summed E-state index contributed by atoms with van der Waals surface area (Å²) in [7, 11) is 0. The molecule has 2 rings (SSSR count). The van der Waals surface area contributed by atoms with Crippen LogP contribution >= 0.6 is 23.4 Å². The van der Waals surface area contributed by atoms with Gasteiger partial charge in [-0.2, -0.15) is 11.8 Å². The van der Waals surface area contributed by atoms with Gasteiger partial charge in [-0.1, -0.05) is 6.07 Å². The minimum Gasteiger partial charge on any atom is -0.494 e. The molecule has 0 aliphatic carbocycles. The van der Waals surface area contributed by atoms with Gasteiger partial charge in [-0.05, 0) is 62.1 Å². The number of benzene rings is 1. The first-order chi connectivity index (χ1) is 8.69. The molecule has 1 unspecified atom stereocenters. The summed E-state index contributed by atoms with van der Waals surface area (Å²) in [6.45, 7) is 5.11. The zero-order valence-corrected chi connectivity index (χ0v) is 12.7. The molecule has 3 heteroatoms. The number of thioether (sulfide) groups is 1. The molecule has 1 nitrogen and oxygen atoms in total. The van der Waals surface area contributed by atoms with Crippen LogP contribution in [-0.2, 0) is 11.2 Å². The Morgan fingerprint density at radius 3 is 3.00 bits per heavy atom. The Balaban J connectivity index is 2.26. The maximum Gasteiger partial charge on any atom is 0.119 e. The second-order valence-electron chi connectivity index (χ2n) is 4.87. The monoisotopic (exact) mass is 284 g/mol. The molecule has 1 atom stereocenters. The van der Waals surface area contributed by atoms with Crippen LogP contribution in [0.2, 0.25) is 0 Å². The van der Waals surface area contributed by atoms with Crippen LogP contribution in [0.15, 0.2) is 18.2 Å². The number of rotatable bonds is 5. The second-order valence-corrected chi connectivity index (χ2v) is 6.85. The molecule has 0 bridgehead atoms. The van der Waals surface area contributed by atoms with E-state index in [2.05, 4.69) is 36.9 Å². The predicted octanol–water partition coefficient (Wildman–Crippen LogP) is 4.61. The fourth-order valence-electron chi connectivity index (χ4n) is 2.62. The molecular formula is C15H21ClOS. The quantitative estimate of drug-likeness (QED) is 0.730. The summed E-state index contributed by atoms with van der Waals surface area (Å²) >= 11 is 7.91. The lowest BCUT2D eigenvalue weighted by Crippen LogP contribution is -2.25. The molecular weight excluding hydrogens is 264 g/mol. The van der Waals surface area contributed by atoms with Gasteiger partial charge in [-0.15, -0.1) is 11.6 Å². The van der Waals surface area contributed by atoms with Gasteiger partial charge >= 0.3 is 0 Å². The van der Waals surface area contributed by atoms with Crippen LogP contribution in [0.4, 0.5) is 0 Å². The smallest absolute Gasteiger partial charge is 0.119 e. The van der Waals surface area contributed by atoms with E-state index in [1.165, 1.54) is 16.9 Å². The van der Waals surface area contributed by atoms with E-state index in [4.69, 9.17) is 16.3 Å². The number of alkyl halides is 1. The SMILES string of the molecule is CCOc1ccc2c(c1)CCSC2(C)CCCCl. The topological polar surface area (TPSA) is 9.23 Å². The summed E-state index contributed by atoms with van der Waals surface area (Å²) in [5.41, 5.74) is 2.93. The molecule has 1 heterocycles. The van der Waals surface area contributed by atoms with E-state index >= 15 is 0 Å². The van der Waals surface area contributed by atoms with E-state index in [-0.39, 0.29) is 4.75 Å². The number of hydrogen-bond donors (Lipinski definition) is 0. The highest BCUT2D eigenvalue weighted by molar-refractivity contribution is 8.00. The Morgan fingerprint density at radius 1 is 1.44 bits per heavy atom. The van der Waals surface area contributed by atoms with Crippen molar-refractivity contribution in [2.45, 2.75) is 37.9 Å². The number of aryl methyl sites for hydroxylation is 1. The Hall–Kier alpha value is -0.340. The van der Waals surface area contributed by atoms with E-state index in [0.717, 1.165) is 37.5 Å². The minimum atomic E-state index is 0.229.